The van der Waals surface area contributed by atoms with E-state index in [-0.39, 0.29) is 12.4 Å². The Morgan fingerprint density at radius 2 is 1.86 bits per heavy atom. The van der Waals surface area contributed by atoms with Gasteiger partial charge in [0.15, 0.2) is 6.23 Å². The molecule has 0 aromatic carbocycles. The van der Waals surface area contributed by atoms with Gasteiger partial charge >= 0.3 is 0 Å². The Balaban J connectivity index is 0. The summed E-state index contributed by atoms with van der Waals surface area (Å²) in [6.45, 7) is 0. The molecule has 1 atom stereocenters. The van der Waals surface area contributed by atoms with Gasteiger partial charge in [0.1, 0.15) is 0 Å². The minimum atomic E-state index is -1.51. The largest absolute Gasteiger partial charge is 0.370 e. The van der Waals surface area contributed by atoms with Gasteiger partial charge in [-0.05, 0) is 0 Å². The van der Waals surface area contributed by atoms with Gasteiger partial charge in [-0.25, -0.2) is 0 Å². The zero-order valence-electron chi connectivity index (χ0n) is 3.50. The van der Waals surface area contributed by atoms with Gasteiger partial charge in [-0.3, -0.25) is 10.5 Å². The molecule has 5 N–H and O–H groups in total. The Labute approximate surface area is 46.9 Å². The van der Waals surface area contributed by atoms with E-state index in [1.807, 2.05) is 0 Å². The fourth-order valence-electron chi connectivity index (χ4n) is 0. The summed E-state index contributed by atoms with van der Waals surface area (Å²) in [6, 6.07) is 0. The number of carbonyl (C=O) groups excluding carboxylic acids is 1. The highest BCUT2D eigenvalue weighted by molar-refractivity contribution is 5.85. The molecule has 0 fully saturated rings. The summed E-state index contributed by atoms with van der Waals surface area (Å²) in [6.07, 6.45) is -1.51. The Morgan fingerprint density at radius 3 is 1.86 bits per heavy atom. The first kappa shape index (κ1) is 9.84. The first-order chi connectivity index (χ1) is 2.64. The van der Waals surface area contributed by atoms with Gasteiger partial charge in [0, 0.05) is 0 Å². The van der Waals surface area contributed by atoms with Crippen LogP contribution in [0.3, 0.4) is 0 Å². The third-order valence-corrected chi connectivity index (χ3v) is 0.292. The summed E-state index contributed by atoms with van der Waals surface area (Å²) in [5.41, 5.74) is 8.94. The summed E-state index contributed by atoms with van der Waals surface area (Å²) >= 11 is 0. The second-order valence-electron chi connectivity index (χ2n) is 0.847. The van der Waals surface area contributed by atoms with Gasteiger partial charge in [-0.15, -0.1) is 12.4 Å². The molecule has 0 radical (unpaired) electrons. The molecule has 0 saturated heterocycles. The molecular formula is C2H7ClN2O2. The van der Waals surface area contributed by atoms with Gasteiger partial charge < -0.3 is 10.8 Å². The van der Waals surface area contributed by atoms with Crippen molar-refractivity contribution in [3.63, 3.8) is 0 Å². The average molecular weight is 127 g/mol. The monoisotopic (exact) mass is 126 g/mol. The van der Waals surface area contributed by atoms with E-state index in [9.17, 15) is 4.79 Å². The van der Waals surface area contributed by atoms with Gasteiger partial charge in [-0.2, -0.15) is 0 Å². The zero-order chi connectivity index (χ0) is 5.15. The number of aliphatic hydroxyl groups is 1. The second-order valence-corrected chi connectivity index (χ2v) is 0.847. The fraction of sp³-hybridized carbons (Fsp3) is 0.500. The normalized spacial score (nSPS) is 11.7. The highest BCUT2D eigenvalue weighted by atomic mass is 35.5. The molecule has 4 nitrogen and oxygen atoms in total. The highest BCUT2D eigenvalue weighted by Crippen LogP contribution is 1.57. The van der Waals surface area contributed by atoms with Crippen LogP contribution in [-0.2, 0) is 4.79 Å². The average Bonchev–Trinajstić information content (AvgIpc) is 1.36. The van der Waals surface area contributed by atoms with Crippen molar-refractivity contribution in [2.24, 2.45) is 11.5 Å². The van der Waals surface area contributed by atoms with Crippen molar-refractivity contribution in [3.8, 4) is 0 Å². The van der Waals surface area contributed by atoms with Gasteiger partial charge in [0.05, 0.1) is 0 Å². The maximum absolute atomic E-state index is 9.55. The Bertz CT molecular complexity index is 64.7. The maximum atomic E-state index is 9.55. The van der Waals surface area contributed by atoms with E-state index < -0.39 is 12.1 Å². The van der Waals surface area contributed by atoms with Crippen LogP contribution in [0.4, 0.5) is 0 Å². The third-order valence-electron chi connectivity index (χ3n) is 0.292. The molecule has 1 unspecified atom stereocenters. The van der Waals surface area contributed by atoms with E-state index in [1.165, 1.54) is 0 Å². The van der Waals surface area contributed by atoms with Gasteiger partial charge in [-0.1, -0.05) is 0 Å². The first-order valence-corrected chi connectivity index (χ1v) is 1.37. The summed E-state index contributed by atoms with van der Waals surface area (Å²) < 4.78 is 0. The molecule has 5 heteroatoms. The molecule has 1 amide bonds. The number of carbonyl (C=O) groups is 1. The molecule has 0 aromatic rings. The molecule has 0 heterocycles. The summed E-state index contributed by atoms with van der Waals surface area (Å²) in [5.74, 6) is -0.907. The predicted molar refractivity (Wildman–Crippen MR) is 26.6 cm³/mol. The van der Waals surface area contributed by atoms with Crippen molar-refractivity contribution in [2.45, 2.75) is 6.23 Å². The van der Waals surface area contributed by atoms with Crippen LogP contribution in [0.15, 0.2) is 0 Å². The van der Waals surface area contributed by atoms with Crippen LogP contribution < -0.4 is 11.5 Å². The molecule has 0 aliphatic heterocycles. The van der Waals surface area contributed by atoms with E-state index in [0.29, 0.717) is 0 Å². The second kappa shape index (κ2) is 3.86. The molecule has 0 aliphatic carbocycles. The maximum Gasteiger partial charge on any atom is 0.261 e. The number of amides is 1. The number of halogens is 1. The Hall–Kier alpha value is -0.320. The summed E-state index contributed by atoms with van der Waals surface area (Å²) in [4.78, 5) is 9.55. The van der Waals surface area contributed by atoms with Crippen LogP contribution in [0, 0.1) is 0 Å². The Morgan fingerprint density at radius 1 is 1.71 bits per heavy atom. The fourth-order valence-corrected chi connectivity index (χ4v) is 0. The smallest absolute Gasteiger partial charge is 0.261 e. The van der Waals surface area contributed by atoms with Crippen molar-refractivity contribution in [2.75, 3.05) is 0 Å². The standard InChI is InChI=1S/C2H6N2O2.ClH/c3-1(5)2(4)6;/h1,5H,3H2,(H2,4,6);1H. The third kappa shape index (κ3) is 5.68. The molecule has 44 valence electrons. The van der Waals surface area contributed by atoms with Crippen LogP contribution in [-0.4, -0.2) is 17.2 Å². The van der Waals surface area contributed by atoms with Gasteiger partial charge in [0.2, 0.25) is 0 Å². The van der Waals surface area contributed by atoms with E-state index >= 15 is 0 Å². The molecule has 0 spiro atoms. The van der Waals surface area contributed by atoms with Crippen molar-refractivity contribution in [3.05, 3.63) is 0 Å². The van der Waals surface area contributed by atoms with Crippen molar-refractivity contribution in [1.82, 2.24) is 0 Å². The highest BCUT2D eigenvalue weighted by Gasteiger charge is 1.98. The van der Waals surface area contributed by atoms with E-state index in [2.05, 4.69) is 11.5 Å². The molecule has 0 saturated carbocycles. The molecule has 0 aliphatic rings. The first-order valence-electron chi connectivity index (χ1n) is 1.37. The van der Waals surface area contributed by atoms with Crippen LogP contribution >= 0.6 is 12.4 Å². The quantitative estimate of drug-likeness (QED) is 0.361. The molecule has 0 rings (SSSR count). The number of hydrogen-bond acceptors (Lipinski definition) is 3. The molecule has 0 bridgehead atoms. The number of hydrogen-bond donors (Lipinski definition) is 3. The van der Waals surface area contributed by atoms with Gasteiger partial charge in [0.25, 0.3) is 5.91 Å². The van der Waals surface area contributed by atoms with Crippen molar-refractivity contribution in [1.29, 1.82) is 0 Å². The number of rotatable bonds is 1. The van der Waals surface area contributed by atoms with Crippen LogP contribution in [0.25, 0.3) is 0 Å². The topological polar surface area (TPSA) is 89.3 Å². The zero-order valence-corrected chi connectivity index (χ0v) is 4.31. The number of primary amides is 1. The van der Waals surface area contributed by atoms with Crippen LogP contribution in [0.2, 0.25) is 0 Å². The number of aliphatic hydroxyl groups excluding tert-OH is 1. The molecule has 0 aromatic heterocycles. The predicted octanol–water partition coefficient (Wildman–Crippen LogP) is -1.83. The lowest BCUT2D eigenvalue weighted by atomic mass is 10.6. The SMILES string of the molecule is Cl.NC(=O)C(N)O. The van der Waals surface area contributed by atoms with Crippen molar-refractivity contribution >= 4 is 18.3 Å². The summed E-state index contributed by atoms with van der Waals surface area (Å²) in [7, 11) is 0. The molecular weight excluding hydrogens is 119 g/mol. The van der Waals surface area contributed by atoms with Crippen LogP contribution in [0.1, 0.15) is 0 Å². The Kier molecular flexibility index (Phi) is 5.42. The minimum Gasteiger partial charge on any atom is -0.370 e. The molecule has 7 heavy (non-hydrogen) atoms. The van der Waals surface area contributed by atoms with E-state index in [4.69, 9.17) is 5.11 Å². The van der Waals surface area contributed by atoms with E-state index in [0.717, 1.165) is 0 Å². The lowest BCUT2D eigenvalue weighted by molar-refractivity contribution is -0.125. The van der Waals surface area contributed by atoms with E-state index in [1.54, 1.807) is 0 Å². The lowest BCUT2D eigenvalue weighted by Gasteiger charge is -1.91. The lowest BCUT2D eigenvalue weighted by Crippen LogP contribution is -2.35. The summed E-state index contributed by atoms with van der Waals surface area (Å²) in [5, 5.41) is 7.93. The minimum absolute atomic E-state index is 0. The van der Waals surface area contributed by atoms with Crippen LogP contribution in [0.5, 0.6) is 0 Å². The number of nitrogens with two attached hydrogens (primary N) is 2. The van der Waals surface area contributed by atoms with Crippen molar-refractivity contribution < 1.29 is 9.90 Å².